The highest BCUT2D eigenvalue weighted by molar-refractivity contribution is 6.33. The molecule has 0 aliphatic heterocycles. The molecule has 7 nitrogen and oxygen atoms in total. The average molecular weight is 444 g/mol. The number of nitrogens with one attached hydrogen (secondary N) is 1. The molecule has 1 aromatic heterocycles. The minimum Gasteiger partial charge on any atom is -0.494 e. The molecule has 0 amide bonds. The zero-order chi connectivity index (χ0) is 21.8. The molecule has 4 bridgehead atoms. The number of halogens is 1. The molecular weight excluding hydrogens is 418 g/mol. The monoisotopic (exact) mass is 443 g/mol. The molecule has 0 radical (unpaired) electrons. The Hall–Kier alpha value is -2.54. The van der Waals surface area contributed by atoms with Gasteiger partial charge in [0.15, 0.2) is 0 Å². The molecule has 2 N–H and O–H groups in total. The number of aliphatic carboxylic acids is 1. The van der Waals surface area contributed by atoms with Crippen molar-refractivity contribution in [3.05, 3.63) is 45.8 Å². The van der Waals surface area contributed by atoms with Crippen LogP contribution in [-0.2, 0) is 10.3 Å². The molecule has 2 atom stereocenters. The molecule has 6 rings (SSSR count). The van der Waals surface area contributed by atoms with Crippen molar-refractivity contribution >= 4 is 28.9 Å². The summed E-state index contributed by atoms with van der Waals surface area (Å²) in [6, 6.07) is 7.38. The molecule has 1 heterocycles. The summed E-state index contributed by atoms with van der Waals surface area (Å²) in [6.45, 7) is 2.52. The van der Waals surface area contributed by atoms with Crippen molar-refractivity contribution in [2.24, 2.45) is 17.3 Å². The van der Waals surface area contributed by atoms with Crippen LogP contribution in [0.5, 0.6) is 5.75 Å². The van der Waals surface area contributed by atoms with Crippen molar-refractivity contribution in [3.8, 4) is 5.75 Å². The maximum atomic E-state index is 13.3. The summed E-state index contributed by atoms with van der Waals surface area (Å²) in [4.78, 5) is 25.4. The quantitative estimate of drug-likeness (QED) is 0.686. The molecule has 4 aliphatic carbocycles. The molecule has 2 unspecified atom stereocenters. The second kappa shape index (κ2) is 7.26. The standard InChI is InChI=1S/C23H26ClN3O4/c1-2-31-17-5-3-16(4-6-17)26-18-12-25-27(20(28)19(18)24)23-10-14-7-15(11-23)9-22(8-14,13-23)21(29)30/h3-6,12,14-15,26H,2,7-11,13H2,1H3,(H,29,30). The zero-order valence-electron chi connectivity index (χ0n) is 17.4. The summed E-state index contributed by atoms with van der Waals surface area (Å²) in [5.41, 5.74) is -0.452. The lowest BCUT2D eigenvalue weighted by Crippen LogP contribution is -2.61. The van der Waals surface area contributed by atoms with Gasteiger partial charge in [0.1, 0.15) is 10.8 Å². The highest BCUT2D eigenvalue weighted by Crippen LogP contribution is 2.63. The lowest BCUT2D eigenvalue weighted by molar-refractivity contribution is -0.173. The molecule has 2 aromatic rings. The third-order valence-corrected chi connectivity index (χ3v) is 7.66. The summed E-state index contributed by atoms with van der Waals surface area (Å²) in [6.07, 6.45) is 6.10. The van der Waals surface area contributed by atoms with Gasteiger partial charge < -0.3 is 15.2 Å². The first-order chi connectivity index (χ1) is 14.8. The molecule has 8 heteroatoms. The van der Waals surface area contributed by atoms with Gasteiger partial charge in [-0.15, -0.1) is 0 Å². The van der Waals surface area contributed by atoms with Crippen LogP contribution in [0.15, 0.2) is 35.3 Å². The largest absolute Gasteiger partial charge is 0.494 e. The number of benzene rings is 1. The lowest BCUT2D eigenvalue weighted by Gasteiger charge is -2.60. The van der Waals surface area contributed by atoms with Gasteiger partial charge >= 0.3 is 5.97 Å². The number of nitrogens with zero attached hydrogens (tertiary/aromatic N) is 2. The normalized spacial score (nSPS) is 30.9. The van der Waals surface area contributed by atoms with Crippen LogP contribution in [0.2, 0.25) is 5.02 Å². The Balaban J connectivity index is 1.46. The van der Waals surface area contributed by atoms with Gasteiger partial charge in [-0.1, -0.05) is 11.6 Å². The topological polar surface area (TPSA) is 93.4 Å². The first kappa shape index (κ1) is 20.4. The van der Waals surface area contributed by atoms with E-state index >= 15 is 0 Å². The van der Waals surface area contributed by atoms with Crippen LogP contribution in [0, 0.1) is 17.3 Å². The fraction of sp³-hybridized carbons (Fsp3) is 0.522. The molecule has 4 saturated carbocycles. The molecule has 4 aliphatic rings. The smallest absolute Gasteiger partial charge is 0.309 e. The Bertz CT molecular complexity index is 1070. The number of hydrogen-bond acceptors (Lipinski definition) is 5. The maximum Gasteiger partial charge on any atom is 0.309 e. The van der Waals surface area contributed by atoms with E-state index in [4.69, 9.17) is 16.3 Å². The van der Waals surface area contributed by atoms with Gasteiger partial charge in [-0.3, -0.25) is 9.59 Å². The van der Waals surface area contributed by atoms with Crippen LogP contribution in [-0.4, -0.2) is 27.5 Å². The van der Waals surface area contributed by atoms with Crippen molar-refractivity contribution < 1.29 is 14.6 Å². The molecule has 1 aromatic carbocycles. The van der Waals surface area contributed by atoms with Gasteiger partial charge in [0.25, 0.3) is 5.56 Å². The Morgan fingerprint density at radius 1 is 1.26 bits per heavy atom. The maximum absolute atomic E-state index is 13.3. The Kier molecular flexibility index (Phi) is 4.77. The van der Waals surface area contributed by atoms with E-state index in [0.717, 1.165) is 30.7 Å². The molecule has 0 spiro atoms. The third-order valence-electron chi connectivity index (χ3n) is 7.30. The fourth-order valence-corrected chi connectivity index (χ4v) is 6.70. The van der Waals surface area contributed by atoms with Crippen molar-refractivity contribution in [2.75, 3.05) is 11.9 Å². The number of carboxylic acids is 1. The minimum absolute atomic E-state index is 0.0732. The van der Waals surface area contributed by atoms with E-state index < -0.39 is 16.9 Å². The molecule has 164 valence electrons. The van der Waals surface area contributed by atoms with Crippen molar-refractivity contribution in [1.29, 1.82) is 0 Å². The number of ether oxygens (including phenoxy) is 1. The van der Waals surface area contributed by atoms with Crippen LogP contribution >= 0.6 is 11.6 Å². The zero-order valence-corrected chi connectivity index (χ0v) is 18.2. The lowest BCUT2D eigenvalue weighted by atomic mass is 9.47. The molecule has 4 fully saturated rings. The van der Waals surface area contributed by atoms with Gasteiger partial charge in [-0.2, -0.15) is 5.10 Å². The summed E-state index contributed by atoms with van der Waals surface area (Å²) < 4.78 is 6.94. The SMILES string of the molecule is CCOc1ccc(Nc2cnn(C34CC5CC(CC(C(=O)O)(C5)C3)C4)c(=O)c2Cl)cc1. The third kappa shape index (κ3) is 3.30. The van der Waals surface area contributed by atoms with Crippen LogP contribution in [0.4, 0.5) is 11.4 Å². The second-order valence-corrected chi connectivity index (χ2v) is 9.82. The van der Waals surface area contributed by atoms with E-state index in [-0.39, 0.29) is 10.6 Å². The van der Waals surface area contributed by atoms with Crippen molar-refractivity contribution in [3.63, 3.8) is 0 Å². The van der Waals surface area contributed by atoms with Crippen molar-refractivity contribution in [2.45, 2.75) is 51.0 Å². The van der Waals surface area contributed by atoms with Crippen molar-refractivity contribution in [1.82, 2.24) is 9.78 Å². The number of aromatic nitrogens is 2. The van der Waals surface area contributed by atoms with Crippen LogP contribution in [0.3, 0.4) is 0 Å². The van der Waals surface area contributed by atoms with E-state index in [0.29, 0.717) is 43.4 Å². The van der Waals surface area contributed by atoms with Gasteiger partial charge in [0.05, 0.1) is 29.4 Å². The minimum atomic E-state index is -0.739. The summed E-state index contributed by atoms with van der Waals surface area (Å²) in [5.74, 6) is 0.679. The van der Waals surface area contributed by atoms with E-state index in [1.165, 1.54) is 4.68 Å². The summed E-state index contributed by atoms with van der Waals surface area (Å²) in [7, 11) is 0. The van der Waals surface area contributed by atoms with E-state index in [2.05, 4.69) is 10.4 Å². The first-order valence-corrected chi connectivity index (χ1v) is 11.2. The van der Waals surface area contributed by atoms with Gasteiger partial charge in [0, 0.05) is 5.69 Å². The van der Waals surface area contributed by atoms with E-state index in [1.807, 2.05) is 31.2 Å². The fourth-order valence-electron chi connectivity index (χ4n) is 6.53. The van der Waals surface area contributed by atoms with Crippen LogP contribution < -0.4 is 15.6 Å². The second-order valence-electron chi connectivity index (χ2n) is 9.44. The van der Waals surface area contributed by atoms with E-state index in [1.54, 1.807) is 6.20 Å². The van der Waals surface area contributed by atoms with Gasteiger partial charge in [-0.05, 0) is 81.5 Å². The van der Waals surface area contributed by atoms with Gasteiger partial charge in [0.2, 0.25) is 0 Å². The Morgan fingerprint density at radius 2 is 1.94 bits per heavy atom. The number of hydrogen-bond donors (Lipinski definition) is 2. The summed E-state index contributed by atoms with van der Waals surface area (Å²) in [5, 5.41) is 17.7. The van der Waals surface area contributed by atoms with E-state index in [9.17, 15) is 14.7 Å². The Labute approximate surface area is 185 Å². The molecule has 0 saturated heterocycles. The first-order valence-electron chi connectivity index (χ1n) is 10.9. The highest BCUT2D eigenvalue weighted by atomic mass is 35.5. The predicted molar refractivity (Wildman–Crippen MR) is 117 cm³/mol. The number of rotatable bonds is 6. The molecule has 31 heavy (non-hydrogen) atoms. The van der Waals surface area contributed by atoms with Crippen LogP contribution in [0.25, 0.3) is 0 Å². The number of carbonyl (C=O) groups is 1. The van der Waals surface area contributed by atoms with Gasteiger partial charge in [-0.25, -0.2) is 4.68 Å². The Morgan fingerprint density at radius 3 is 2.55 bits per heavy atom. The number of anilines is 2. The molecular formula is C23H26ClN3O4. The summed E-state index contributed by atoms with van der Waals surface area (Å²) >= 11 is 6.49. The van der Waals surface area contributed by atoms with Crippen LogP contribution in [0.1, 0.15) is 45.4 Å². The highest BCUT2D eigenvalue weighted by Gasteiger charge is 2.62. The average Bonchev–Trinajstić information content (AvgIpc) is 2.72. The number of carboxylic acid groups (broad SMARTS) is 1. The predicted octanol–water partition coefficient (Wildman–Crippen LogP) is 4.42.